The molecule has 19 heavy (non-hydrogen) atoms. The molecule has 2 rings (SSSR count). The number of amidine groups is 1. The third-order valence-corrected chi connectivity index (χ3v) is 3.00. The minimum absolute atomic E-state index is 0.190. The lowest BCUT2D eigenvalue weighted by Crippen LogP contribution is -2.33. The Morgan fingerprint density at radius 2 is 2.05 bits per heavy atom. The molecule has 0 saturated carbocycles. The Balaban J connectivity index is 2.31. The van der Waals surface area contributed by atoms with Crippen LogP contribution in [-0.4, -0.2) is 23.3 Å². The molecule has 1 unspecified atom stereocenters. The van der Waals surface area contributed by atoms with Crippen LogP contribution in [0.2, 0.25) is 0 Å². The van der Waals surface area contributed by atoms with Crippen LogP contribution in [0.25, 0.3) is 0 Å². The summed E-state index contributed by atoms with van der Waals surface area (Å²) in [5.41, 5.74) is 1.42. The van der Waals surface area contributed by atoms with Gasteiger partial charge in [0.25, 0.3) is 0 Å². The van der Waals surface area contributed by atoms with Gasteiger partial charge < -0.3 is 4.90 Å². The summed E-state index contributed by atoms with van der Waals surface area (Å²) in [7, 11) is 0. The maximum Gasteiger partial charge on any atom is 0.323 e. The molecule has 0 spiro atoms. The van der Waals surface area contributed by atoms with Crippen LogP contribution >= 0.6 is 0 Å². The zero-order valence-electron chi connectivity index (χ0n) is 11.0. The van der Waals surface area contributed by atoms with Crippen molar-refractivity contribution >= 4 is 11.9 Å². The van der Waals surface area contributed by atoms with Gasteiger partial charge in [-0.3, -0.25) is 10.7 Å². The number of hydrogen-bond donors (Lipinski definition) is 2. The quantitative estimate of drug-likeness (QED) is 0.869. The molecule has 1 aromatic rings. The molecule has 0 aliphatic carbocycles. The predicted molar refractivity (Wildman–Crippen MR) is 71.7 cm³/mol. The Kier molecular flexibility index (Phi) is 3.52. The first-order valence-corrected chi connectivity index (χ1v) is 6.19. The van der Waals surface area contributed by atoms with Gasteiger partial charge in [0.2, 0.25) is 0 Å². The van der Waals surface area contributed by atoms with Crippen molar-refractivity contribution in [2.45, 2.75) is 19.9 Å². The smallest absolute Gasteiger partial charge is 0.310 e. The number of nitriles is 1. The van der Waals surface area contributed by atoms with Crippen molar-refractivity contribution in [1.29, 1.82) is 10.7 Å². The Morgan fingerprint density at radius 3 is 2.58 bits per heavy atom. The molecule has 2 amide bonds. The molecular formula is C14H16N4O. The van der Waals surface area contributed by atoms with Gasteiger partial charge in [0.1, 0.15) is 11.9 Å². The van der Waals surface area contributed by atoms with Gasteiger partial charge in [-0.15, -0.1) is 0 Å². The third-order valence-electron chi connectivity index (χ3n) is 3.00. The Hall–Kier alpha value is -2.35. The summed E-state index contributed by atoms with van der Waals surface area (Å²) < 4.78 is 0. The highest BCUT2D eigenvalue weighted by Gasteiger charge is 2.36. The highest BCUT2D eigenvalue weighted by Crippen LogP contribution is 2.27. The molecule has 1 aromatic carbocycles. The molecule has 0 bridgehead atoms. The number of carbonyl (C=O) groups excluding carboxylic acids is 1. The Bertz CT molecular complexity index is 542. The summed E-state index contributed by atoms with van der Waals surface area (Å²) in [6.45, 7) is 4.66. The fraction of sp³-hybridized carbons (Fsp3) is 0.357. The molecule has 0 radical (unpaired) electrons. The summed E-state index contributed by atoms with van der Waals surface area (Å²) in [6.07, 6.45) is 0. The zero-order valence-corrected chi connectivity index (χ0v) is 11.0. The van der Waals surface area contributed by atoms with Crippen LogP contribution in [0, 0.1) is 22.7 Å². The zero-order chi connectivity index (χ0) is 14.0. The summed E-state index contributed by atoms with van der Waals surface area (Å²) in [4.78, 5) is 13.5. The number of urea groups is 1. The predicted octanol–water partition coefficient (Wildman–Crippen LogP) is 2.26. The molecule has 1 aliphatic rings. The lowest BCUT2D eigenvalue weighted by molar-refractivity contribution is 0.198. The number of carbonyl (C=O) groups is 1. The molecule has 1 fully saturated rings. The number of amides is 2. The van der Waals surface area contributed by atoms with Crippen molar-refractivity contribution in [3.63, 3.8) is 0 Å². The number of hydrogen-bond acceptors (Lipinski definition) is 3. The standard InChI is InChI=1S/C14H16N4O/c1-9(2)8-18-12(13(16)17-14(18)19)11-5-3-10(7-15)4-6-11/h3-6,9,12H,8H2,1-2H3,(H2,16,17,19). The molecule has 1 saturated heterocycles. The fourth-order valence-corrected chi connectivity index (χ4v) is 2.20. The van der Waals surface area contributed by atoms with Crippen molar-refractivity contribution in [2.24, 2.45) is 5.92 Å². The highest BCUT2D eigenvalue weighted by molar-refractivity contribution is 6.06. The highest BCUT2D eigenvalue weighted by atomic mass is 16.2. The maximum absolute atomic E-state index is 11.8. The van der Waals surface area contributed by atoms with E-state index in [0.717, 1.165) is 5.56 Å². The number of benzene rings is 1. The summed E-state index contributed by atoms with van der Waals surface area (Å²) in [5.74, 6) is 0.521. The van der Waals surface area contributed by atoms with Gasteiger partial charge in [0.05, 0.1) is 11.6 Å². The monoisotopic (exact) mass is 256 g/mol. The van der Waals surface area contributed by atoms with E-state index in [9.17, 15) is 4.79 Å². The first-order chi connectivity index (χ1) is 9.02. The lowest BCUT2D eigenvalue weighted by Gasteiger charge is -2.24. The second-order valence-electron chi connectivity index (χ2n) is 5.03. The average molecular weight is 256 g/mol. The minimum Gasteiger partial charge on any atom is -0.310 e. The molecule has 2 N–H and O–H groups in total. The van der Waals surface area contributed by atoms with E-state index < -0.39 is 0 Å². The van der Waals surface area contributed by atoms with Crippen LogP contribution in [0.4, 0.5) is 4.79 Å². The molecular weight excluding hydrogens is 240 g/mol. The van der Waals surface area contributed by atoms with Crippen LogP contribution in [0.1, 0.15) is 31.0 Å². The summed E-state index contributed by atoms with van der Waals surface area (Å²) in [5, 5.41) is 19.3. The van der Waals surface area contributed by atoms with E-state index in [2.05, 4.69) is 11.4 Å². The van der Waals surface area contributed by atoms with Gasteiger partial charge in [-0.05, 0) is 23.6 Å². The van der Waals surface area contributed by atoms with Crippen LogP contribution in [0.15, 0.2) is 24.3 Å². The van der Waals surface area contributed by atoms with Gasteiger partial charge in [-0.25, -0.2) is 4.79 Å². The van der Waals surface area contributed by atoms with E-state index in [4.69, 9.17) is 10.7 Å². The van der Waals surface area contributed by atoms with Crippen molar-refractivity contribution in [1.82, 2.24) is 10.2 Å². The van der Waals surface area contributed by atoms with E-state index in [0.29, 0.717) is 18.0 Å². The van der Waals surface area contributed by atoms with E-state index in [-0.39, 0.29) is 17.9 Å². The van der Waals surface area contributed by atoms with E-state index >= 15 is 0 Å². The van der Waals surface area contributed by atoms with Crippen molar-refractivity contribution in [3.8, 4) is 6.07 Å². The second-order valence-corrected chi connectivity index (χ2v) is 5.03. The lowest BCUT2D eigenvalue weighted by atomic mass is 10.0. The Labute approximate surface area is 112 Å². The number of nitrogens with one attached hydrogen (secondary N) is 2. The molecule has 1 aliphatic heterocycles. The van der Waals surface area contributed by atoms with Crippen molar-refractivity contribution in [2.75, 3.05) is 6.54 Å². The van der Waals surface area contributed by atoms with Crippen molar-refractivity contribution in [3.05, 3.63) is 35.4 Å². The molecule has 0 aromatic heterocycles. The molecule has 98 valence electrons. The van der Waals surface area contributed by atoms with Gasteiger partial charge >= 0.3 is 6.03 Å². The van der Waals surface area contributed by atoms with Crippen LogP contribution < -0.4 is 5.32 Å². The molecule has 5 heteroatoms. The van der Waals surface area contributed by atoms with Gasteiger partial charge in [0.15, 0.2) is 0 Å². The van der Waals surface area contributed by atoms with Crippen LogP contribution in [-0.2, 0) is 0 Å². The van der Waals surface area contributed by atoms with Gasteiger partial charge in [-0.1, -0.05) is 26.0 Å². The van der Waals surface area contributed by atoms with Gasteiger partial charge in [0, 0.05) is 6.54 Å². The molecule has 1 atom stereocenters. The van der Waals surface area contributed by atoms with E-state index in [1.165, 1.54) is 0 Å². The fourth-order valence-electron chi connectivity index (χ4n) is 2.20. The first kappa shape index (κ1) is 13.1. The average Bonchev–Trinajstić information content (AvgIpc) is 2.64. The summed E-state index contributed by atoms with van der Waals surface area (Å²) in [6, 6.07) is 8.47. The molecule has 5 nitrogen and oxygen atoms in total. The number of nitrogens with zero attached hydrogens (tertiary/aromatic N) is 2. The van der Waals surface area contributed by atoms with Gasteiger partial charge in [-0.2, -0.15) is 5.26 Å². The van der Waals surface area contributed by atoms with E-state index in [1.807, 2.05) is 13.8 Å². The minimum atomic E-state index is -0.373. The summed E-state index contributed by atoms with van der Waals surface area (Å²) >= 11 is 0. The maximum atomic E-state index is 11.8. The van der Waals surface area contributed by atoms with E-state index in [1.54, 1.807) is 29.2 Å². The third kappa shape index (κ3) is 2.58. The molecule has 1 heterocycles. The van der Waals surface area contributed by atoms with Crippen LogP contribution in [0.5, 0.6) is 0 Å². The normalized spacial score (nSPS) is 18.6. The largest absolute Gasteiger partial charge is 0.323 e. The first-order valence-electron chi connectivity index (χ1n) is 6.19. The Morgan fingerprint density at radius 1 is 1.42 bits per heavy atom. The van der Waals surface area contributed by atoms with Crippen molar-refractivity contribution < 1.29 is 4.79 Å². The topological polar surface area (TPSA) is 80.0 Å². The second kappa shape index (κ2) is 5.11. The SMILES string of the molecule is CC(C)CN1C(=O)NC(=N)C1c1ccc(C#N)cc1. The van der Waals surface area contributed by atoms with Crippen LogP contribution in [0.3, 0.4) is 0 Å². The number of rotatable bonds is 3.